The predicted molar refractivity (Wildman–Crippen MR) is 245 cm³/mol. The molecule has 0 aromatic heterocycles. The topological polar surface area (TPSA) is 102 Å². The van der Waals surface area contributed by atoms with Crippen LogP contribution in [0.3, 0.4) is 0 Å². The van der Waals surface area contributed by atoms with Crippen LogP contribution < -0.4 is 5.11 Å². The van der Waals surface area contributed by atoms with Gasteiger partial charge in [-0.15, -0.1) is 0 Å². The van der Waals surface area contributed by atoms with Crippen LogP contribution in [-0.4, -0.2) is 75.5 Å². The number of carboxylic acid groups (broad SMARTS) is 1. The van der Waals surface area contributed by atoms with Crippen LogP contribution >= 0.6 is 0 Å². The maximum absolute atomic E-state index is 12.7. The van der Waals surface area contributed by atoms with E-state index < -0.39 is 18.1 Å². The molecule has 0 radical (unpaired) electrons. The summed E-state index contributed by atoms with van der Waals surface area (Å²) in [5, 5.41) is 11.6. The number of carbonyl (C=O) groups is 3. The van der Waals surface area contributed by atoms with Crippen molar-refractivity contribution in [1.29, 1.82) is 0 Å². The summed E-state index contributed by atoms with van der Waals surface area (Å²) >= 11 is 0. The molecule has 0 fully saturated rings. The van der Waals surface area contributed by atoms with Crippen LogP contribution in [0.1, 0.15) is 232 Å². The molecule has 0 saturated carbocycles. The van der Waals surface area contributed by atoms with Crippen molar-refractivity contribution in [3.63, 3.8) is 0 Å². The maximum atomic E-state index is 12.7. The van der Waals surface area contributed by atoms with Gasteiger partial charge in [0.05, 0.1) is 40.3 Å². The molecule has 0 amide bonds. The van der Waals surface area contributed by atoms with E-state index in [1.807, 2.05) is 0 Å². The number of aliphatic carboxylic acids is 1. The van der Waals surface area contributed by atoms with Crippen LogP contribution in [0.4, 0.5) is 0 Å². The van der Waals surface area contributed by atoms with Crippen molar-refractivity contribution in [3.8, 4) is 0 Å². The molecular formula is C51H95NO7. The highest BCUT2D eigenvalue weighted by molar-refractivity contribution is 5.70. The highest BCUT2D eigenvalue weighted by Gasteiger charge is 2.25. The molecule has 0 saturated heterocycles. The Morgan fingerprint density at radius 2 is 0.898 bits per heavy atom. The highest BCUT2D eigenvalue weighted by atomic mass is 16.6. The number of unbranched alkanes of at least 4 members (excludes halogenated alkanes) is 27. The Labute approximate surface area is 364 Å². The average molecular weight is 834 g/mol. The number of quaternary nitrogens is 1. The lowest BCUT2D eigenvalue weighted by Crippen LogP contribution is -2.55. The molecule has 0 N–H and O–H groups in total. The summed E-state index contributed by atoms with van der Waals surface area (Å²) < 4.78 is 17.2. The average Bonchev–Trinajstić information content (AvgIpc) is 3.19. The van der Waals surface area contributed by atoms with E-state index in [2.05, 4.69) is 38.2 Å². The van der Waals surface area contributed by atoms with E-state index in [0.717, 1.165) is 51.4 Å². The third-order valence-corrected chi connectivity index (χ3v) is 11.3. The molecule has 0 spiro atoms. The highest BCUT2D eigenvalue weighted by Crippen LogP contribution is 2.15. The lowest BCUT2D eigenvalue weighted by atomic mass is 10.0. The summed E-state index contributed by atoms with van der Waals surface area (Å²) in [7, 11) is 5.41. The molecule has 0 aliphatic heterocycles. The summed E-state index contributed by atoms with van der Waals surface area (Å²) in [4.78, 5) is 36.9. The van der Waals surface area contributed by atoms with Gasteiger partial charge in [0.25, 0.3) is 0 Å². The van der Waals surface area contributed by atoms with E-state index in [0.29, 0.717) is 12.8 Å². The predicted octanol–water partition coefficient (Wildman–Crippen LogP) is 12.7. The minimum Gasteiger partial charge on any atom is -0.544 e. The molecule has 8 heteroatoms. The van der Waals surface area contributed by atoms with Gasteiger partial charge in [-0.2, -0.15) is 0 Å². The first-order valence-corrected chi connectivity index (χ1v) is 24.9. The van der Waals surface area contributed by atoms with Crippen molar-refractivity contribution in [2.45, 2.75) is 244 Å². The fourth-order valence-electron chi connectivity index (χ4n) is 7.46. The van der Waals surface area contributed by atoms with Crippen molar-refractivity contribution in [2.24, 2.45) is 0 Å². The summed E-state index contributed by atoms with van der Waals surface area (Å²) in [5.41, 5.74) is 0. The maximum Gasteiger partial charge on any atom is 0.306 e. The molecule has 0 aliphatic carbocycles. The van der Waals surface area contributed by atoms with Gasteiger partial charge in [0.1, 0.15) is 12.6 Å². The van der Waals surface area contributed by atoms with Gasteiger partial charge in [-0.05, 0) is 44.9 Å². The number of allylic oxidation sites excluding steroid dienone is 4. The minimum atomic E-state index is -1.12. The van der Waals surface area contributed by atoms with Gasteiger partial charge in [-0.1, -0.05) is 192 Å². The number of carboxylic acids is 1. The molecule has 0 aliphatic rings. The minimum absolute atomic E-state index is 0.0423. The zero-order valence-electron chi connectivity index (χ0n) is 39.4. The van der Waals surface area contributed by atoms with Crippen molar-refractivity contribution >= 4 is 17.9 Å². The molecule has 0 aromatic carbocycles. The van der Waals surface area contributed by atoms with Crippen molar-refractivity contribution in [1.82, 2.24) is 0 Å². The second-order valence-corrected chi connectivity index (χ2v) is 18.1. The van der Waals surface area contributed by atoms with Crippen molar-refractivity contribution in [2.75, 3.05) is 41.0 Å². The number of hydrogen-bond acceptors (Lipinski definition) is 7. The van der Waals surface area contributed by atoms with Crippen molar-refractivity contribution < 1.29 is 38.2 Å². The summed E-state index contributed by atoms with van der Waals surface area (Å²) in [6, 6.07) is -0.724. The Bertz CT molecular complexity index is 1020. The molecule has 0 heterocycles. The molecule has 2 unspecified atom stereocenters. The van der Waals surface area contributed by atoms with Crippen LogP contribution in [0.15, 0.2) is 24.3 Å². The fraction of sp³-hybridized carbons (Fsp3) is 0.863. The van der Waals surface area contributed by atoms with Crippen LogP contribution in [0.25, 0.3) is 0 Å². The van der Waals surface area contributed by atoms with E-state index >= 15 is 0 Å². The van der Waals surface area contributed by atoms with Gasteiger partial charge in [0, 0.05) is 19.3 Å². The second-order valence-electron chi connectivity index (χ2n) is 18.1. The third-order valence-electron chi connectivity index (χ3n) is 11.3. The van der Waals surface area contributed by atoms with Gasteiger partial charge in [0.15, 0.2) is 6.10 Å². The quantitative estimate of drug-likeness (QED) is 0.0260. The Morgan fingerprint density at radius 3 is 1.31 bits per heavy atom. The number of esters is 2. The van der Waals surface area contributed by atoms with Crippen LogP contribution in [-0.2, 0) is 28.6 Å². The smallest absolute Gasteiger partial charge is 0.306 e. The lowest BCUT2D eigenvalue weighted by Gasteiger charge is -2.34. The third kappa shape index (κ3) is 41.0. The first-order chi connectivity index (χ1) is 28.6. The number of ether oxygens (including phenoxy) is 3. The normalized spacial score (nSPS) is 13.0. The Morgan fingerprint density at radius 1 is 0.508 bits per heavy atom. The van der Waals surface area contributed by atoms with E-state index in [9.17, 15) is 19.5 Å². The fourth-order valence-corrected chi connectivity index (χ4v) is 7.46. The van der Waals surface area contributed by atoms with Crippen LogP contribution in [0.2, 0.25) is 0 Å². The number of carbonyl (C=O) groups excluding carboxylic acids is 3. The molecular weight excluding hydrogens is 739 g/mol. The second kappa shape index (κ2) is 42.5. The van der Waals surface area contributed by atoms with E-state index in [1.54, 1.807) is 21.1 Å². The van der Waals surface area contributed by atoms with Crippen LogP contribution in [0.5, 0.6) is 0 Å². The van der Waals surface area contributed by atoms with Crippen LogP contribution in [0, 0.1) is 0 Å². The SMILES string of the molecule is CCCCCCCCCCC/C=C/C/C=C/CCCCCCCCCC(=O)OCC(COCCC(C(=O)[O-])[N+](C)(C)C)OC(=O)CCCCCCCCCCCCCC. The lowest BCUT2D eigenvalue weighted by molar-refractivity contribution is -0.889. The molecule has 346 valence electrons. The number of nitrogens with zero attached hydrogens (tertiary/aromatic N) is 1. The Balaban J connectivity index is 4.19. The monoisotopic (exact) mass is 834 g/mol. The first kappa shape index (κ1) is 56.8. The Hall–Kier alpha value is -2.19. The number of hydrogen-bond donors (Lipinski definition) is 0. The summed E-state index contributed by atoms with van der Waals surface area (Å²) in [5.74, 6) is -1.73. The zero-order valence-corrected chi connectivity index (χ0v) is 39.4. The molecule has 59 heavy (non-hydrogen) atoms. The first-order valence-electron chi connectivity index (χ1n) is 24.9. The Kier molecular flexibility index (Phi) is 40.9. The van der Waals surface area contributed by atoms with Gasteiger partial charge >= 0.3 is 11.9 Å². The van der Waals surface area contributed by atoms with E-state index in [-0.39, 0.29) is 42.7 Å². The molecule has 2 atom stereocenters. The summed E-state index contributed by atoms with van der Waals surface area (Å²) in [6.45, 7) is 4.68. The zero-order chi connectivity index (χ0) is 43.5. The van der Waals surface area contributed by atoms with Gasteiger partial charge < -0.3 is 28.6 Å². The standard InChI is InChI=1S/C51H95NO7/c1-6-8-10-12-14-16-18-20-21-22-23-24-25-26-27-28-29-30-32-33-35-37-39-41-49(53)58-46-47(45-57-44-43-48(51(55)56)52(3,4)5)59-50(54)42-40-38-36-34-31-19-17-15-13-11-9-7-2/h23-24,26-27,47-48H,6-22,25,28-46H2,1-5H3/b24-23+,27-26+. The van der Waals surface area contributed by atoms with Gasteiger partial charge in [-0.3, -0.25) is 9.59 Å². The largest absolute Gasteiger partial charge is 0.544 e. The van der Waals surface area contributed by atoms with E-state index in [4.69, 9.17) is 14.2 Å². The molecule has 8 nitrogen and oxygen atoms in total. The molecule has 0 rings (SSSR count). The van der Waals surface area contributed by atoms with Gasteiger partial charge in [-0.25, -0.2) is 0 Å². The number of likely N-dealkylation sites (N-methyl/N-ethyl adjacent to an activating group) is 1. The number of rotatable bonds is 45. The molecule has 0 bridgehead atoms. The molecule has 0 aromatic rings. The van der Waals surface area contributed by atoms with E-state index in [1.165, 1.54) is 148 Å². The van der Waals surface area contributed by atoms with Gasteiger partial charge in [0.2, 0.25) is 0 Å². The van der Waals surface area contributed by atoms with Crippen molar-refractivity contribution in [3.05, 3.63) is 24.3 Å². The summed E-state index contributed by atoms with van der Waals surface area (Å²) in [6.07, 6.45) is 47.8.